The van der Waals surface area contributed by atoms with E-state index in [0.29, 0.717) is 0 Å². The van der Waals surface area contributed by atoms with Crippen molar-refractivity contribution < 1.29 is 9.90 Å². The molecular weight excluding hydrogens is 252 g/mol. The molecule has 3 aliphatic rings. The Kier molecular flexibility index (Phi) is 4.29. The summed E-state index contributed by atoms with van der Waals surface area (Å²) < 4.78 is 0. The molecule has 2 bridgehead atoms. The number of fused-ring (bicyclic) bond motifs is 2. The lowest BCUT2D eigenvalue weighted by Crippen LogP contribution is -2.41. The van der Waals surface area contributed by atoms with E-state index in [1.54, 1.807) is 0 Å². The third-order valence-electron chi connectivity index (χ3n) is 5.41. The van der Waals surface area contributed by atoms with Gasteiger partial charge in [-0.2, -0.15) is 0 Å². The first-order valence-electron chi connectivity index (χ1n) is 8.08. The zero-order valence-corrected chi connectivity index (χ0v) is 12.1. The molecule has 0 aromatic rings. The van der Waals surface area contributed by atoms with E-state index < -0.39 is 0 Å². The number of rotatable bonds is 5. The van der Waals surface area contributed by atoms with E-state index in [4.69, 9.17) is 5.11 Å². The summed E-state index contributed by atoms with van der Waals surface area (Å²) in [5, 5.41) is 15.0. The Hall–Kier alpha value is -1.03. The van der Waals surface area contributed by atoms with Crippen molar-refractivity contribution in [1.29, 1.82) is 0 Å². The summed E-state index contributed by atoms with van der Waals surface area (Å²) in [7, 11) is 0. The molecule has 0 aliphatic heterocycles. The van der Waals surface area contributed by atoms with Gasteiger partial charge in [0.05, 0.1) is 0 Å². The van der Waals surface area contributed by atoms with Crippen LogP contribution in [0.3, 0.4) is 0 Å². The van der Waals surface area contributed by atoms with Crippen LogP contribution in [-0.2, 0) is 0 Å². The molecular formula is C16H26N2O2. The molecule has 20 heavy (non-hydrogen) atoms. The second kappa shape index (κ2) is 6.17. The predicted molar refractivity (Wildman–Crippen MR) is 78.2 cm³/mol. The molecule has 0 aromatic heterocycles. The maximum atomic E-state index is 11.8. The van der Waals surface area contributed by atoms with Crippen LogP contribution in [0.25, 0.3) is 0 Å². The molecule has 3 rings (SSSR count). The van der Waals surface area contributed by atoms with Crippen LogP contribution in [0.15, 0.2) is 12.2 Å². The Morgan fingerprint density at radius 2 is 2.10 bits per heavy atom. The van der Waals surface area contributed by atoms with Gasteiger partial charge in [-0.1, -0.05) is 18.6 Å². The number of carbonyl (C=O) groups is 1. The van der Waals surface area contributed by atoms with E-state index in [1.165, 1.54) is 25.7 Å². The molecule has 2 saturated carbocycles. The van der Waals surface area contributed by atoms with Gasteiger partial charge in [-0.3, -0.25) is 0 Å². The average Bonchev–Trinajstić information content (AvgIpc) is 3.14. The molecule has 2 amide bonds. The van der Waals surface area contributed by atoms with Crippen LogP contribution in [-0.4, -0.2) is 30.3 Å². The Bertz CT molecular complexity index is 383. The summed E-state index contributed by atoms with van der Waals surface area (Å²) in [6.07, 6.45) is 11.6. The summed E-state index contributed by atoms with van der Waals surface area (Å²) in [5.41, 5.74) is 0. The lowest BCUT2D eigenvalue weighted by Gasteiger charge is -2.21. The minimum atomic E-state index is -0.0682. The molecule has 5 atom stereocenters. The van der Waals surface area contributed by atoms with Crippen LogP contribution < -0.4 is 10.6 Å². The Labute approximate surface area is 121 Å². The molecule has 112 valence electrons. The van der Waals surface area contributed by atoms with Crippen molar-refractivity contribution in [3.05, 3.63) is 12.2 Å². The molecule has 0 saturated heterocycles. The Morgan fingerprint density at radius 3 is 2.75 bits per heavy atom. The first-order valence-corrected chi connectivity index (χ1v) is 8.08. The molecule has 0 heterocycles. The van der Waals surface area contributed by atoms with Gasteiger partial charge in [-0.05, 0) is 49.9 Å². The van der Waals surface area contributed by atoms with Gasteiger partial charge in [0.25, 0.3) is 0 Å². The van der Waals surface area contributed by atoms with E-state index in [0.717, 1.165) is 37.1 Å². The van der Waals surface area contributed by atoms with Gasteiger partial charge < -0.3 is 15.7 Å². The molecule has 3 aliphatic carbocycles. The number of hydrogen-bond acceptors (Lipinski definition) is 2. The third kappa shape index (κ3) is 3.17. The molecule has 4 heteroatoms. The smallest absolute Gasteiger partial charge is 0.315 e. The van der Waals surface area contributed by atoms with Crippen molar-refractivity contribution in [3.8, 4) is 0 Å². The summed E-state index contributed by atoms with van der Waals surface area (Å²) >= 11 is 0. The van der Waals surface area contributed by atoms with Gasteiger partial charge >= 0.3 is 6.03 Å². The topological polar surface area (TPSA) is 61.4 Å². The quantitative estimate of drug-likeness (QED) is 0.674. The monoisotopic (exact) mass is 278 g/mol. The highest BCUT2D eigenvalue weighted by atomic mass is 16.3. The number of amides is 2. The largest absolute Gasteiger partial charge is 0.396 e. The number of urea groups is 1. The molecule has 0 aromatic carbocycles. The van der Waals surface area contributed by atoms with Crippen molar-refractivity contribution in [3.63, 3.8) is 0 Å². The second-order valence-electron chi connectivity index (χ2n) is 6.79. The number of hydrogen-bond donors (Lipinski definition) is 3. The van der Waals surface area contributed by atoms with Crippen LogP contribution in [0, 0.1) is 23.7 Å². The van der Waals surface area contributed by atoms with Crippen molar-refractivity contribution in [2.45, 2.75) is 44.6 Å². The highest BCUT2D eigenvalue weighted by Crippen LogP contribution is 2.49. The van der Waals surface area contributed by atoms with E-state index in [2.05, 4.69) is 10.6 Å². The highest BCUT2D eigenvalue weighted by molar-refractivity contribution is 5.74. The second-order valence-corrected chi connectivity index (χ2v) is 6.79. The zero-order valence-electron chi connectivity index (χ0n) is 12.1. The average molecular weight is 278 g/mol. The van der Waals surface area contributed by atoms with Gasteiger partial charge in [0.15, 0.2) is 0 Å². The predicted octanol–water partition coefficient (Wildman–Crippen LogP) is 2.05. The highest BCUT2D eigenvalue weighted by Gasteiger charge is 2.38. The van der Waals surface area contributed by atoms with E-state index in [9.17, 15) is 4.79 Å². The fraction of sp³-hybridized carbons (Fsp3) is 0.812. The van der Waals surface area contributed by atoms with E-state index >= 15 is 0 Å². The van der Waals surface area contributed by atoms with Gasteiger partial charge in [0.1, 0.15) is 0 Å². The third-order valence-corrected chi connectivity index (χ3v) is 5.41. The minimum Gasteiger partial charge on any atom is -0.396 e. The van der Waals surface area contributed by atoms with Crippen LogP contribution in [0.2, 0.25) is 0 Å². The molecule has 2 fully saturated rings. The molecule has 0 radical (unpaired) electrons. The lowest BCUT2D eigenvalue weighted by molar-refractivity contribution is 0.229. The molecule has 4 nitrogen and oxygen atoms in total. The zero-order chi connectivity index (χ0) is 13.9. The standard InChI is InChI=1S/C16H26N2O2/c19-10-12-2-4-15(9-12)18-16(20)17-6-5-14-8-11-1-3-13(14)7-11/h2,4,11-15,19H,1,3,5-10H2,(H2,17,18,20)/t11?,12-,13?,14?,15+/m0/s1. The maximum Gasteiger partial charge on any atom is 0.315 e. The number of nitrogens with one attached hydrogen (secondary N) is 2. The Balaban J connectivity index is 1.31. The van der Waals surface area contributed by atoms with Gasteiger partial charge in [-0.15, -0.1) is 0 Å². The number of aliphatic hydroxyl groups is 1. The fourth-order valence-corrected chi connectivity index (χ4v) is 4.34. The lowest BCUT2D eigenvalue weighted by atomic mass is 9.86. The summed E-state index contributed by atoms with van der Waals surface area (Å²) in [6, 6.07) is 0.0102. The van der Waals surface area contributed by atoms with Crippen molar-refractivity contribution in [2.24, 2.45) is 23.7 Å². The first-order chi connectivity index (χ1) is 9.74. The van der Waals surface area contributed by atoms with Crippen LogP contribution in [0.4, 0.5) is 4.79 Å². The van der Waals surface area contributed by atoms with E-state index in [1.807, 2.05) is 12.2 Å². The number of aliphatic hydroxyl groups excluding tert-OH is 1. The fourth-order valence-electron chi connectivity index (χ4n) is 4.34. The Morgan fingerprint density at radius 1 is 1.20 bits per heavy atom. The normalized spacial score (nSPS) is 38.4. The van der Waals surface area contributed by atoms with Gasteiger partial charge in [-0.25, -0.2) is 4.79 Å². The summed E-state index contributed by atoms with van der Waals surface area (Å²) in [4.78, 5) is 11.8. The molecule has 3 unspecified atom stereocenters. The van der Waals surface area contributed by atoms with Gasteiger partial charge in [0.2, 0.25) is 0 Å². The van der Waals surface area contributed by atoms with Crippen molar-refractivity contribution in [1.82, 2.24) is 10.6 Å². The van der Waals surface area contributed by atoms with Crippen LogP contribution >= 0.6 is 0 Å². The summed E-state index contributed by atoms with van der Waals surface area (Å²) in [6.45, 7) is 0.958. The minimum absolute atomic E-state index is 0.0682. The van der Waals surface area contributed by atoms with Crippen molar-refractivity contribution in [2.75, 3.05) is 13.2 Å². The van der Waals surface area contributed by atoms with Crippen LogP contribution in [0.5, 0.6) is 0 Å². The molecule has 3 N–H and O–H groups in total. The maximum absolute atomic E-state index is 11.8. The number of carbonyl (C=O) groups excluding carboxylic acids is 1. The molecule has 0 spiro atoms. The van der Waals surface area contributed by atoms with Crippen molar-refractivity contribution >= 4 is 6.03 Å². The first kappa shape index (κ1) is 13.9. The summed E-state index contributed by atoms with van der Waals surface area (Å²) in [5.74, 6) is 2.97. The van der Waals surface area contributed by atoms with Gasteiger partial charge in [0, 0.05) is 25.1 Å². The van der Waals surface area contributed by atoms with E-state index in [-0.39, 0.29) is 24.6 Å². The van der Waals surface area contributed by atoms with Crippen LogP contribution in [0.1, 0.15) is 38.5 Å². The SMILES string of the molecule is O=C(NCCC1CC2CCC1C2)N[C@@H]1C=C[C@H](CO)C1.